The molecule has 230 valence electrons. The van der Waals surface area contributed by atoms with Crippen molar-refractivity contribution in [3.05, 3.63) is 106 Å². The highest BCUT2D eigenvalue weighted by Crippen LogP contribution is 2.27. The number of nitrogens with one attached hydrogen (secondary N) is 1. The zero-order valence-electron chi connectivity index (χ0n) is 23.5. The molecule has 3 aromatic carbocycles. The van der Waals surface area contributed by atoms with Crippen molar-refractivity contribution in [2.24, 2.45) is 0 Å². The molecule has 0 radical (unpaired) electrons. The SMILES string of the molecule is CC[C@@H](C(=O)NC(CC(=O)N(C)c1ccccc1)C(=O)COc1c(F)c(F)cc(F)c1F)n1ccc2ccc(Cl)cc2c1=O. The maximum absolute atomic E-state index is 14.1. The first kappa shape index (κ1) is 32.2. The van der Waals surface area contributed by atoms with E-state index >= 15 is 0 Å². The number of carbonyl (C=O) groups is 3. The summed E-state index contributed by atoms with van der Waals surface area (Å²) >= 11 is 6.05. The molecule has 0 spiro atoms. The molecule has 0 aliphatic carbocycles. The number of halogens is 5. The molecule has 44 heavy (non-hydrogen) atoms. The number of para-hydroxylation sites is 1. The van der Waals surface area contributed by atoms with E-state index in [2.05, 4.69) is 5.32 Å². The molecule has 1 heterocycles. The van der Waals surface area contributed by atoms with Crippen LogP contribution in [0.2, 0.25) is 5.02 Å². The fraction of sp³-hybridized carbons (Fsp3) is 0.226. The Balaban J connectivity index is 1.62. The van der Waals surface area contributed by atoms with Gasteiger partial charge in [0.25, 0.3) is 5.56 Å². The van der Waals surface area contributed by atoms with Crippen LogP contribution in [0.3, 0.4) is 0 Å². The molecule has 0 saturated heterocycles. The lowest BCUT2D eigenvalue weighted by Gasteiger charge is -2.25. The first-order chi connectivity index (χ1) is 20.9. The minimum atomic E-state index is -1.86. The number of ketones is 1. The summed E-state index contributed by atoms with van der Waals surface area (Å²) in [5.41, 5.74) is -0.0596. The summed E-state index contributed by atoms with van der Waals surface area (Å²) < 4.78 is 61.5. The maximum atomic E-state index is 14.1. The highest BCUT2D eigenvalue weighted by Gasteiger charge is 2.31. The predicted octanol–water partition coefficient (Wildman–Crippen LogP) is 5.35. The highest BCUT2D eigenvalue weighted by molar-refractivity contribution is 6.31. The van der Waals surface area contributed by atoms with Gasteiger partial charge >= 0.3 is 0 Å². The molecule has 4 aromatic rings. The monoisotopic (exact) mass is 631 g/mol. The number of aromatic nitrogens is 1. The minimum Gasteiger partial charge on any atom is -0.479 e. The third kappa shape index (κ3) is 6.91. The Morgan fingerprint density at radius 1 is 0.977 bits per heavy atom. The smallest absolute Gasteiger partial charge is 0.259 e. The normalized spacial score (nSPS) is 12.4. The zero-order valence-corrected chi connectivity index (χ0v) is 24.2. The molecule has 0 bridgehead atoms. The van der Waals surface area contributed by atoms with Gasteiger partial charge < -0.3 is 19.5 Å². The molecule has 0 aliphatic rings. The summed E-state index contributed by atoms with van der Waals surface area (Å²) in [6.45, 7) is 0.465. The van der Waals surface area contributed by atoms with Gasteiger partial charge in [-0.2, -0.15) is 8.78 Å². The second-order valence-corrected chi connectivity index (χ2v) is 10.2. The predicted molar refractivity (Wildman–Crippen MR) is 156 cm³/mol. The van der Waals surface area contributed by atoms with E-state index in [1.54, 1.807) is 55.5 Å². The van der Waals surface area contributed by atoms with Gasteiger partial charge in [0.05, 0.1) is 12.5 Å². The number of anilines is 1. The van der Waals surface area contributed by atoms with E-state index < -0.39 is 77.3 Å². The number of nitrogens with zero attached hydrogens (tertiary/aromatic N) is 2. The average molecular weight is 632 g/mol. The van der Waals surface area contributed by atoms with Crippen LogP contribution in [0.1, 0.15) is 25.8 Å². The summed E-state index contributed by atoms with van der Waals surface area (Å²) in [6.07, 6.45) is 0.872. The van der Waals surface area contributed by atoms with Crippen molar-refractivity contribution in [2.45, 2.75) is 31.8 Å². The molecule has 2 amide bonds. The van der Waals surface area contributed by atoms with E-state index in [1.807, 2.05) is 0 Å². The van der Waals surface area contributed by atoms with Crippen LogP contribution in [-0.4, -0.2) is 41.9 Å². The molecular formula is C31H26ClF4N3O5. The van der Waals surface area contributed by atoms with Crippen LogP contribution < -0.4 is 20.5 Å². The first-order valence-corrected chi connectivity index (χ1v) is 13.7. The Hall–Kier alpha value is -4.71. The van der Waals surface area contributed by atoms with Crippen molar-refractivity contribution in [1.29, 1.82) is 0 Å². The topological polar surface area (TPSA) is 97.7 Å². The molecule has 1 unspecified atom stereocenters. The number of ether oxygens (including phenoxy) is 1. The van der Waals surface area contributed by atoms with Crippen LogP contribution in [0.4, 0.5) is 23.2 Å². The Morgan fingerprint density at radius 2 is 1.64 bits per heavy atom. The second-order valence-electron chi connectivity index (χ2n) is 9.79. The molecule has 1 N–H and O–H groups in total. The van der Waals surface area contributed by atoms with Crippen LogP contribution in [0.5, 0.6) is 5.75 Å². The molecule has 8 nitrogen and oxygen atoms in total. The lowest BCUT2D eigenvalue weighted by Crippen LogP contribution is -2.49. The van der Waals surface area contributed by atoms with E-state index in [4.69, 9.17) is 16.3 Å². The average Bonchev–Trinajstić information content (AvgIpc) is 3.01. The third-order valence-electron chi connectivity index (χ3n) is 6.95. The Kier molecular flexibility index (Phi) is 10.0. The van der Waals surface area contributed by atoms with E-state index in [1.165, 1.54) is 24.2 Å². The summed E-state index contributed by atoms with van der Waals surface area (Å²) in [6, 6.07) is 11.9. The molecule has 1 aromatic heterocycles. The standard InChI is InChI=1S/C31H26ClF4N3O5/c1-3-24(39-12-11-17-9-10-18(32)13-20(17)31(39)43)30(42)37-23(15-26(41)38(2)19-7-5-4-6-8-19)25(40)16-44-29-27(35)21(33)14-22(34)28(29)36/h4-14,23-24H,3,15-16H2,1-2H3,(H,37,42)/t23?,24-/m0/s1. The Labute approximate surface area is 253 Å². The highest BCUT2D eigenvalue weighted by atomic mass is 35.5. The quantitative estimate of drug-likeness (QED) is 0.178. The van der Waals surface area contributed by atoms with Crippen molar-refractivity contribution >= 4 is 45.7 Å². The van der Waals surface area contributed by atoms with Gasteiger partial charge in [-0.05, 0) is 42.1 Å². The zero-order chi connectivity index (χ0) is 32.1. The van der Waals surface area contributed by atoms with Gasteiger partial charge in [0.1, 0.15) is 12.6 Å². The summed E-state index contributed by atoms with van der Waals surface area (Å²) in [5.74, 6) is -11.2. The van der Waals surface area contributed by atoms with Gasteiger partial charge in [-0.25, -0.2) is 8.78 Å². The van der Waals surface area contributed by atoms with Gasteiger partial charge in [0.2, 0.25) is 23.4 Å². The molecular weight excluding hydrogens is 606 g/mol. The van der Waals surface area contributed by atoms with Crippen LogP contribution >= 0.6 is 11.6 Å². The number of hydrogen-bond acceptors (Lipinski definition) is 5. The first-order valence-electron chi connectivity index (χ1n) is 13.3. The van der Waals surface area contributed by atoms with Crippen LogP contribution in [-0.2, 0) is 14.4 Å². The van der Waals surface area contributed by atoms with Crippen molar-refractivity contribution in [3.63, 3.8) is 0 Å². The second kappa shape index (κ2) is 13.7. The van der Waals surface area contributed by atoms with E-state index in [9.17, 15) is 36.7 Å². The lowest BCUT2D eigenvalue weighted by atomic mass is 10.1. The number of fused-ring (bicyclic) bond motifs is 1. The fourth-order valence-electron chi connectivity index (χ4n) is 4.52. The van der Waals surface area contributed by atoms with Gasteiger partial charge in [0, 0.05) is 35.4 Å². The van der Waals surface area contributed by atoms with Crippen LogP contribution in [0.25, 0.3) is 10.8 Å². The molecule has 0 fully saturated rings. The largest absolute Gasteiger partial charge is 0.479 e. The molecule has 0 aliphatic heterocycles. The molecule has 13 heteroatoms. The fourth-order valence-corrected chi connectivity index (χ4v) is 4.69. The van der Waals surface area contributed by atoms with Crippen LogP contribution in [0, 0.1) is 23.3 Å². The van der Waals surface area contributed by atoms with E-state index in [0.717, 1.165) is 4.57 Å². The maximum Gasteiger partial charge on any atom is 0.259 e. The van der Waals surface area contributed by atoms with E-state index in [-0.39, 0.29) is 17.9 Å². The number of rotatable bonds is 11. The Morgan fingerprint density at radius 3 is 2.27 bits per heavy atom. The molecule has 4 rings (SSSR count). The lowest BCUT2D eigenvalue weighted by molar-refractivity contribution is -0.132. The van der Waals surface area contributed by atoms with Crippen molar-refractivity contribution in [2.75, 3.05) is 18.6 Å². The Bertz CT molecular complexity index is 1760. The molecule has 0 saturated carbocycles. The number of carbonyl (C=O) groups excluding carboxylic acids is 3. The van der Waals surface area contributed by atoms with Gasteiger partial charge in [-0.3, -0.25) is 19.2 Å². The van der Waals surface area contributed by atoms with Crippen molar-refractivity contribution < 1.29 is 36.7 Å². The third-order valence-corrected chi connectivity index (χ3v) is 7.19. The van der Waals surface area contributed by atoms with E-state index in [0.29, 0.717) is 16.1 Å². The van der Waals surface area contributed by atoms with Crippen molar-refractivity contribution in [1.82, 2.24) is 9.88 Å². The number of hydrogen-bond donors (Lipinski definition) is 1. The van der Waals surface area contributed by atoms with Crippen LogP contribution in [0.15, 0.2) is 71.7 Å². The van der Waals surface area contributed by atoms with Gasteiger partial charge in [-0.1, -0.05) is 42.8 Å². The summed E-state index contributed by atoms with van der Waals surface area (Å²) in [7, 11) is 1.44. The number of Topliss-reactive ketones (excluding diaryl/α,β-unsaturated/α-hetero) is 1. The summed E-state index contributed by atoms with van der Waals surface area (Å²) in [4.78, 5) is 54.4. The summed E-state index contributed by atoms with van der Waals surface area (Å²) in [5, 5.41) is 3.58. The number of pyridine rings is 1. The van der Waals surface area contributed by atoms with Gasteiger partial charge in [0.15, 0.2) is 23.2 Å². The van der Waals surface area contributed by atoms with Gasteiger partial charge in [-0.15, -0.1) is 0 Å². The number of amides is 2. The molecule has 2 atom stereocenters. The number of benzene rings is 3. The minimum absolute atomic E-state index is 0.0198. The van der Waals surface area contributed by atoms with Crippen molar-refractivity contribution in [3.8, 4) is 5.75 Å².